The van der Waals surface area contributed by atoms with Gasteiger partial charge in [-0.1, -0.05) is 6.07 Å². The van der Waals surface area contributed by atoms with Crippen molar-refractivity contribution >= 4 is 0 Å². The van der Waals surface area contributed by atoms with E-state index in [1.807, 2.05) is 0 Å². The van der Waals surface area contributed by atoms with Crippen molar-refractivity contribution in [3.63, 3.8) is 0 Å². The molecule has 0 bridgehead atoms. The molecule has 1 aromatic rings. The summed E-state index contributed by atoms with van der Waals surface area (Å²) in [6.45, 7) is 6.99. The molecule has 0 N–H and O–H groups in total. The SMILES string of the molecule is c1cc2c(cc1OCCN1CCCC1)CCCC2N1CCCC1. The van der Waals surface area contributed by atoms with Crippen LogP contribution in [0.2, 0.25) is 0 Å². The number of hydrogen-bond acceptors (Lipinski definition) is 3. The van der Waals surface area contributed by atoms with Gasteiger partial charge in [0.25, 0.3) is 0 Å². The van der Waals surface area contributed by atoms with Gasteiger partial charge in [-0.05, 0) is 94.4 Å². The Balaban J connectivity index is 1.38. The van der Waals surface area contributed by atoms with Crippen molar-refractivity contribution < 1.29 is 4.74 Å². The standard InChI is InChI=1S/C20H30N2O/c1-2-11-21(10-1)14-15-23-18-8-9-19-17(16-18)6-5-7-20(19)22-12-3-4-13-22/h8-9,16,20H,1-7,10-15H2. The molecule has 23 heavy (non-hydrogen) atoms. The van der Waals surface area contributed by atoms with Crippen LogP contribution in [0.3, 0.4) is 0 Å². The van der Waals surface area contributed by atoms with Crippen LogP contribution >= 0.6 is 0 Å². The molecule has 1 atom stereocenters. The van der Waals surface area contributed by atoms with Gasteiger partial charge in [0.05, 0.1) is 0 Å². The highest BCUT2D eigenvalue weighted by atomic mass is 16.5. The second-order valence-corrected chi connectivity index (χ2v) is 7.41. The lowest BCUT2D eigenvalue weighted by Gasteiger charge is -2.33. The maximum Gasteiger partial charge on any atom is 0.119 e. The van der Waals surface area contributed by atoms with Crippen molar-refractivity contribution in [1.29, 1.82) is 0 Å². The van der Waals surface area contributed by atoms with Crippen LogP contribution in [0.1, 0.15) is 55.7 Å². The Labute approximate surface area is 140 Å². The Bertz CT molecular complexity index is 518. The molecule has 0 aromatic heterocycles. The number of likely N-dealkylation sites (tertiary alicyclic amines) is 2. The zero-order chi connectivity index (χ0) is 15.5. The topological polar surface area (TPSA) is 15.7 Å². The summed E-state index contributed by atoms with van der Waals surface area (Å²) in [5.41, 5.74) is 3.11. The van der Waals surface area contributed by atoms with Crippen LogP contribution in [0.5, 0.6) is 5.75 Å². The average Bonchev–Trinajstić information content (AvgIpc) is 3.28. The van der Waals surface area contributed by atoms with Crippen LogP contribution in [0.15, 0.2) is 18.2 Å². The van der Waals surface area contributed by atoms with E-state index in [4.69, 9.17) is 4.74 Å². The van der Waals surface area contributed by atoms with E-state index in [9.17, 15) is 0 Å². The Morgan fingerprint density at radius 1 is 0.957 bits per heavy atom. The number of aryl methyl sites for hydroxylation is 1. The van der Waals surface area contributed by atoms with E-state index < -0.39 is 0 Å². The van der Waals surface area contributed by atoms with E-state index in [0.717, 1.165) is 18.9 Å². The monoisotopic (exact) mass is 314 g/mol. The van der Waals surface area contributed by atoms with Crippen LogP contribution < -0.4 is 4.74 Å². The summed E-state index contributed by atoms with van der Waals surface area (Å²) in [6, 6.07) is 7.54. The lowest BCUT2D eigenvalue weighted by molar-refractivity contribution is 0.220. The van der Waals surface area contributed by atoms with Gasteiger partial charge in [-0.15, -0.1) is 0 Å². The zero-order valence-electron chi connectivity index (χ0n) is 14.3. The molecule has 3 aliphatic rings. The van der Waals surface area contributed by atoms with Gasteiger partial charge in [-0.25, -0.2) is 0 Å². The Morgan fingerprint density at radius 3 is 2.57 bits per heavy atom. The number of rotatable bonds is 5. The lowest BCUT2D eigenvalue weighted by atomic mass is 9.86. The minimum atomic E-state index is 0.667. The molecular formula is C20H30N2O. The van der Waals surface area contributed by atoms with Crippen molar-refractivity contribution in [3.8, 4) is 5.75 Å². The second-order valence-electron chi connectivity index (χ2n) is 7.41. The summed E-state index contributed by atoms with van der Waals surface area (Å²) in [7, 11) is 0. The summed E-state index contributed by atoms with van der Waals surface area (Å²) in [5, 5.41) is 0. The van der Waals surface area contributed by atoms with Gasteiger partial charge < -0.3 is 4.74 Å². The molecule has 126 valence electrons. The van der Waals surface area contributed by atoms with Gasteiger partial charge >= 0.3 is 0 Å². The normalized spacial score (nSPS) is 25.7. The van der Waals surface area contributed by atoms with Gasteiger partial charge in [0, 0.05) is 12.6 Å². The van der Waals surface area contributed by atoms with Crippen LogP contribution in [-0.2, 0) is 6.42 Å². The lowest BCUT2D eigenvalue weighted by Crippen LogP contribution is -2.28. The summed E-state index contributed by atoms with van der Waals surface area (Å²) < 4.78 is 6.04. The number of nitrogens with zero attached hydrogens (tertiary/aromatic N) is 2. The van der Waals surface area contributed by atoms with E-state index in [2.05, 4.69) is 28.0 Å². The first-order valence-electron chi connectivity index (χ1n) is 9.62. The number of ether oxygens (including phenoxy) is 1. The quantitative estimate of drug-likeness (QED) is 0.825. The summed E-state index contributed by atoms with van der Waals surface area (Å²) >= 11 is 0. The third kappa shape index (κ3) is 3.56. The van der Waals surface area contributed by atoms with Crippen LogP contribution in [0.4, 0.5) is 0 Å². The zero-order valence-corrected chi connectivity index (χ0v) is 14.3. The summed E-state index contributed by atoms with van der Waals surface area (Å²) in [5.74, 6) is 1.07. The predicted molar refractivity (Wildman–Crippen MR) is 94.1 cm³/mol. The minimum Gasteiger partial charge on any atom is -0.492 e. The first kappa shape index (κ1) is 15.5. The molecule has 2 aliphatic heterocycles. The predicted octanol–water partition coefficient (Wildman–Crippen LogP) is 3.63. The Kier molecular flexibility index (Phi) is 4.86. The van der Waals surface area contributed by atoms with Gasteiger partial charge in [-0.3, -0.25) is 9.80 Å². The molecule has 1 aliphatic carbocycles. The smallest absolute Gasteiger partial charge is 0.119 e. The number of hydrogen-bond donors (Lipinski definition) is 0. The molecule has 1 aromatic carbocycles. The Morgan fingerprint density at radius 2 is 1.74 bits per heavy atom. The molecule has 2 fully saturated rings. The fourth-order valence-electron chi connectivity index (χ4n) is 4.59. The van der Waals surface area contributed by atoms with E-state index in [-0.39, 0.29) is 0 Å². The Hall–Kier alpha value is -1.06. The van der Waals surface area contributed by atoms with Crippen LogP contribution in [-0.4, -0.2) is 49.1 Å². The maximum absolute atomic E-state index is 6.04. The van der Waals surface area contributed by atoms with Crippen molar-refractivity contribution in [2.24, 2.45) is 0 Å². The first-order valence-corrected chi connectivity index (χ1v) is 9.62. The fourth-order valence-corrected chi connectivity index (χ4v) is 4.59. The van der Waals surface area contributed by atoms with E-state index in [1.165, 1.54) is 76.7 Å². The molecular weight excluding hydrogens is 284 g/mol. The van der Waals surface area contributed by atoms with Gasteiger partial charge in [-0.2, -0.15) is 0 Å². The second kappa shape index (κ2) is 7.23. The number of fused-ring (bicyclic) bond motifs is 1. The molecule has 1 unspecified atom stereocenters. The van der Waals surface area contributed by atoms with Gasteiger partial charge in [0.15, 0.2) is 0 Å². The van der Waals surface area contributed by atoms with Crippen LogP contribution in [0, 0.1) is 0 Å². The van der Waals surface area contributed by atoms with Gasteiger partial charge in [0.2, 0.25) is 0 Å². The third-order valence-electron chi connectivity index (χ3n) is 5.85. The highest BCUT2D eigenvalue weighted by molar-refractivity contribution is 5.39. The van der Waals surface area contributed by atoms with Crippen molar-refractivity contribution in [1.82, 2.24) is 9.80 Å². The molecule has 0 spiro atoms. The van der Waals surface area contributed by atoms with Crippen molar-refractivity contribution in [2.75, 3.05) is 39.3 Å². The molecule has 4 rings (SSSR count). The summed E-state index contributed by atoms with van der Waals surface area (Å²) in [4.78, 5) is 5.22. The minimum absolute atomic E-state index is 0.667. The van der Waals surface area contributed by atoms with Crippen molar-refractivity contribution in [3.05, 3.63) is 29.3 Å². The fraction of sp³-hybridized carbons (Fsp3) is 0.700. The largest absolute Gasteiger partial charge is 0.492 e. The highest BCUT2D eigenvalue weighted by Gasteiger charge is 2.27. The summed E-state index contributed by atoms with van der Waals surface area (Å²) in [6.07, 6.45) is 9.36. The van der Waals surface area contributed by atoms with Gasteiger partial charge in [0.1, 0.15) is 12.4 Å². The maximum atomic E-state index is 6.04. The molecule has 0 radical (unpaired) electrons. The van der Waals surface area contributed by atoms with E-state index in [0.29, 0.717) is 6.04 Å². The van der Waals surface area contributed by atoms with Crippen LogP contribution in [0.25, 0.3) is 0 Å². The molecule has 2 saturated heterocycles. The third-order valence-corrected chi connectivity index (χ3v) is 5.85. The van der Waals surface area contributed by atoms with Crippen molar-refractivity contribution in [2.45, 2.75) is 51.0 Å². The highest BCUT2D eigenvalue weighted by Crippen LogP contribution is 2.37. The molecule has 2 heterocycles. The molecule has 0 amide bonds. The molecule has 0 saturated carbocycles. The van der Waals surface area contributed by atoms with E-state index >= 15 is 0 Å². The average molecular weight is 314 g/mol. The molecule has 3 heteroatoms. The number of benzene rings is 1. The first-order chi connectivity index (χ1) is 11.4. The van der Waals surface area contributed by atoms with E-state index in [1.54, 1.807) is 5.56 Å². The molecule has 3 nitrogen and oxygen atoms in total.